The van der Waals surface area contributed by atoms with E-state index in [1.165, 1.54) is 35.1 Å². The molecule has 1 aliphatic carbocycles. The van der Waals surface area contributed by atoms with Crippen molar-refractivity contribution in [3.63, 3.8) is 0 Å². The largest absolute Gasteiger partial charge is 0.360 e. The van der Waals surface area contributed by atoms with Gasteiger partial charge in [0.25, 0.3) is 0 Å². The van der Waals surface area contributed by atoms with Gasteiger partial charge in [-0.25, -0.2) is 0 Å². The van der Waals surface area contributed by atoms with Crippen LogP contribution in [0.2, 0.25) is 0 Å². The minimum Gasteiger partial charge on any atom is -0.360 e. The van der Waals surface area contributed by atoms with Gasteiger partial charge < -0.3 is 4.52 Å². The number of aryl methyl sites for hydroxylation is 2. The first kappa shape index (κ1) is 11.8. The second kappa shape index (κ2) is 4.47. The van der Waals surface area contributed by atoms with Crippen molar-refractivity contribution in [2.75, 3.05) is 0 Å². The molecule has 1 saturated carbocycles. The Morgan fingerprint density at radius 2 is 1.94 bits per heavy atom. The summed E-state index contributed by atoms with van der Waals surface area (Å²) in [5, 5.41) is 4.32. The van der Waals surface area contributed by atoms with E-state index in [2.05, 4.69) is 49.8 Å². The molecule has 1 aromatic carbocycles. The van der Waals surface area contributed by atoms with Crippen LogP contribution in [0.5, 0.6) is 0 Å². The molecule has 94 valence electrons. The van der Waals surface area contributed by atoms with E-state index in [-0.39, 0.29) is 0 Å². The lowest BCUT2D eigenvalue weighted by Gasteiger charge is -2.08. The fraction of sp³-hybridized carbons (Fsp3) is 0.400. The van der Waals surface area contributed by atoms with Gasteiger partial charge in [-0.15, -0.1) is 0 Å². The molecule has 0 amide bonds. The Hall–Kier alpha value is -1.22. The number of rotatable bonds is 3. The smallest absolute Gasteiger partial charge is 0.144 e. The highest BCUT2D eigenvalue weighted by Gasteiger charge is 2.32. The molecule has 0 atom stereocenters. The fourth-order valence-corrected chi connectivity index (χ4v) is 2.83. The summed E-state index contributed by atoms with van der Waals surface area (Å²) in [6, 6.07) is 6.32. The molecule has 1 aromatic heterocycles. The van der Waals surface area contributed by atoms with Crippen LogP contribution >= 0.6 is 12.6 Å². The van der Waals surface area contributed by atoms with Crippen molar-refractivity contribution in [2.45, 2.75) is 38.4 Å². The van der Waals surface area contributed by atoms with Crippen molar-refractivity contribution in [1.82, 2.24) is 5.16 Å². The van der Waals surface area contributed by atoms with E-state index < -0.39 is 0 Å². The maximum absolute atomic E-state index is 5.58. The summed E-state index contributed by atoms with van der Waals surface area (Å²) in [4.78, 5) is 0. The minimum atomic E-state index is 0.581. The van der Waals surface area contributed by atoms with Gasteiger partial charge in [-0.05, 0) is 37.8 Å². The predicted molar refractivity (Wildman–Crippen MR) is 76.1 cm³/mol. The first-order valence-electron chi connectivity index (χ1n) is 6.38. The van der Waals surface area contributed by atoms with Crippen LogP contribution < -0.4 is 0 Å². The van der Waals surface area contributed by atoms with Crippen LogP contribution in [0.15, 0.2) is 22.7 Å². The molecule has 1 aliphatic rings. The van der Waals surface area contributed by atoms with Crippen LogP contribution in [0.1, 0.15) is 41.2 Å². The van der Waals surface area contributed by atoms with Crippen LogP contribution in [0, 0.1) is 13.8 Å². The van der Waals surface area contributed by atoms with E-state index in [1.54, 1.807) is 0 Å². The van der Waals surface area contributed by atoms with E-state index >= 15 is 0 Å². The lowest BCUT2D eigenvalue weighted by Crippen LogP contribution is -1.92. The second-order valence-corrected chi connectivity index (χ2v) is 5.39. The van der Waals surface area contributed by atoms with Gasteiger partial charge in [0.15, 0.2) is 0 Å². The molecule has 0 radical (unpaired) electrons. The Morgan fingerprint density at radius 3 is 2.50 bits per heavy atom. The summed E-state index contributed by atoms with van der Waals surface area (Å²) in [6.45, 7) is 4.24. The Bertz CT molecular complexity index is 564. The maximum atomic E-state index is 5.58. The topological polar surface area (TPSA) is 26.0 Å². The van der Waals surface area contributed by atoms with Gasteiger partial charge in [0.1, 0.15) is 11.5 Å². The fourth-order valence-electron chi connectivity index (χ4n) is 2.53. The van der Waals surface area contributed by atoms with Crippen LogP contribution in [0.25, 0.3) is 11.3 Å². The zero-order valence-electron chi connectivity index (χ0n) is 10.7. The van der Waals surface area contributed by atoms with Crippen molar-refractivity contribution in [1.29, 1.82) is 0 Å². The molecular formula is C15H17NOS. The van der Waals surface area contributed by atoms with Crippen molar-refractivity contribution < 1.29 is 4.52 Å². The van der Waals surface area contributed by atoms with E-state index in [0.717, 1.165) is 11.5 Å². The normalized spacial score (nSPS) is 15.1. The third kappa shape index (κ3) is 1.87. The van der Waals surface area contributed by atoms with Crippen LogP contribution in [-0.2, 0) is 5.75 Å². The van der Waals surface area contributed by atoms with Gasteiger partial charge in [0.05, 0.1) is 0 Å². The number of benzene rings is 1. The Labute approximate surface area is 113 Å². The monoisotopic (exact) mass is 259 g/mol. The molecule has 0 N–H and O–H groups in total. The highest BCUT2D eigenvalue weighted by Crippen LogP contribution is 2.45. The van der Waals surface area contributed by atoms with E-state index in [0.29, 0.717) is 11.7 Å². The third-order valence-electron chi connectivity index (χ3n) is 3.64. The summed E-state index contributed by atoms with van der Waals surface area (Å²) in [6.07, 6.45) is 2.45. The second-order valence-electron chi connectivity index (χ2n) is 5.07. The number of thiol groups is 1. The molecule has 1 heterocycles. The maximum Gasteiger partial charge on any atom is 0.144 e. The summed E-state index contributed by atoms with van der Waals surface area (Å²) in [5.41, 5.74) is 5.86. The average molecular weight is 259 g/mol. The number of aromatic nitrogens is 1. The number of hydrogen-bond acceptors (Lipinski definition) is 3. The zero-order chi connectivity index (χ0) is 12.7. The first-order chi connectivity index (χ1) is 8.72. The SMILES string of the molecule is Cc1cccc(C)c1-c1noc(C2CC2)c1CS. The molecule has 18 heavy (non-hydrogen) atoms. The highest BCUT2D eigenvalue weighted by molar-refractivity contribution is 7.79. The predicted octanol–water partition coefficient (Wildman–Crippen LogP) is 4.27. The van der Waals surface area contributed by atoms with Gasteiger partial charge in [-0.3, -0.25) is 0 Å². The summed E-state index contributed by atoms with van der Waals surface area (Å²) in [5.74, 6) is 2.33. The summed E-state index contributed by atoms with van der Waals surface area (Å²) < 4.78 is 5.58. The average Bonchev–Trinajstić information content (AvgIpc) is 3.10. The zero-order valence-corrected chi connectivity index (χ0v) is 11.6. The van der Waals surface area contributed by atoms with Gasteiger partial charge in [0, 0.05) is 22.8 Å². The van der Waals surface area contributed by atoms with E-state index in [9.17, 15) is 0 Å². The molecule has 3 heteroatoms. The van der Waals surface area contributed by atoms with Gasteiger partial charge in [-0.2, -0.15) is 12.6 Å². The lowest BCUT2D eigenvalue weighted by molar-refractivity contribution is 0.385. The molecule has 0 bridgehead atoms. The third-order valence-corrected chi connectivity index (χ3v) is 3.96. The van der Waals surface area contributed by atoms with Crippen LogP contribution in [0.4, 0.5) is 0 Å². The number of nitrogens with zero attached hydrogens (tertiary/aromatic N) is 1. The molecular weight excluding hydrogens is 242 g/mol. The first-order valence-corrected chi connectivity index (χ1v) is 7.01. The number of hydrogen-bond donors (Lipinski definition) is 1. The molecule has 1 fully saturated rings. The Morgan fingerprint density at radius 1 is 1.28 bits per heavy atom. The summed E-state index contributed by atoms with van der Waals surface area (Å²) in [7, 11) is 0. The van der Waals surface area contributed by atoms with Crippen molar-refractivity contribution in [2.24, 2.45) is 0 Å². The standard InChI is InChI=1S/C15H17NOS/c1-9-4-3-5-10(2)13(9)14-12(8-18)15(17-16-14)11-6-7-11/h3-5,11,18H,6-8H2,1-2H3. The lowest BCUT2D eigenvalue weighted by atomic mass is 9.97. The highest BCUT2D eigenvalue weighted by atomic mass is 32.1. The summed E-state index contributed by atoms with van der Waals surface area (Å²) >= 11 is 4.46. The molecule has 2 aromatic rings. The van der Waals surface area contributed by atoms with Crippen LogP contribution in [-0.4, -0.2) is 5.16 Å². The minimum absolute atomic E-state index is 0.581. The molecule has 0 unspecified atom stereocenters. The molecule has 0 spiro atoms. The van der Waals surface area contributed by atoms with Gasteiger partial charge >= 0.3 is 0 Å². The van der Waals surface area contributed by atoms with Crippen LogP contribution in [0.3, 0.4) is 0 Å². The molecule has 0 aliphatic heterocycles. The Kier molecular flexibility index (Phi) is 2.94. The molecule has 2 nitrogen and oxygen atoms in total. The van der Waals surface area contributed by atoms with Crippen molar-refractivity contribution in [3.8, 4) is 11.3 Å². The van der Waals surface area contributed by atoms with E-state index in [4.69, 9.17) is 4.52 Å². The van der Waals surface area contributed by atoms with Gasteiger partial charge in [-0.1, -0.05) is 23.4 Å². The van der Waals surface area contributed by atoms with Crippen molar-refractivity contribution in [3.05, 3.63) is 40.6 Å². The molecule has 0 saturated heterocycles. The quantitative estimate of drug-likeness (QED) is 0.833. The Balaban J connectivity index is 2.16. The van der Waals surface area contributed by atoms with E-state index in [1.807, 2.05) is 0 Å². The van der Waals surface area contributed by atoms with Gasteiger partial charge in [0.2, 0.25) is 0 Å². The van der Waals surface area contributed by atoms with Crippen molar-refractivity contribution >= 4 is 12.6 Å². The molecule has 3 rings (SSSR count).